The number of aliphatic hydroxyl groups excluding tert-OH is 1. The third-order valence-electron chi connectivity index (χ3n) is 4.83. The lowest BCUT2D eigenvalue weighted by Gasteiger charge is -2.19. The van der Waals surface area contributed by atoms with Crippen LogP contribution in [0.1, 0.15) is 45.7 Å². The molecule has 0 bridgehead atoms. The van der Waals surface area contributed by atoms with Crippen LogP contribution in [0.4, 0.5) is 0 Å². The van der Waals surface area contributed by atoms with Gasteiger partial charge in [0.25, 0.3) is 0 Å². The van der Waals surface area contributed by atoms with Crippen molar-refractivity contribution < 1.29 is 29.2 Å². The van der Waals surface area contributed by atoms with Crippen molar-refractivity contribution in [1.82, 2.24) is 0 Å². The Balaban J connectivity index is 1.83. The molecule has 0 aliphatic heterocycles. The van der Waals surface area contributed by atoms with Crippen LogP contribution < -0.4 is 9.47 Å². The monoisotopic (exact) mass is 444 g/mol. The van der Waals surface area contributed by atoms with Gasteiger partial charge in [-0.05, 0) is 46.7 Å². The smallest absolute Gasteiger partial charge is 0.333 e. The highest BCUT2D eigenvalue weighted by atomic mass is 16.5. The van der Waals surface area contributed by atoms with Gasteiger partial charge >= 0.3 is 5.97 Å². The molecule has 2 rings (SSSR count). The van der Waals surface area contributed by atoms with E-state index in [1.165, 1.54) is 5.56 Å². The van der Waals surface area contributed by atoms with Gasteiger partial charge in [0.15, 0.2) is 6.10 Å². The summed E-state index contributed by atoms with van der Waals surface area (Å²) in [6, 6.07) is 15.0. The van der Waals surface area contributed by atoms with Crippen molar-refractivity contribution in [3.8, 4) is 11.5 Å². The highest BCUT2D eigenvalue weighted by Gasteiger charge is 2.19. The molecule has 0 aromatic heterocycles. The molecule has 2 aromatic carbocycles. The fourth-order valence-corrected chi connectivity index (χ4v) is 2.99. The van der Waals surface area contributed by atoms with E-state index in [0.717, 1.165) is 5.56 Å². The van der Waals surface area contributed by atoms with Crippen LogP contribution >= 0.6 is 0 Å². The van der Waals surface area contributed by atoms with Gasteiger partial charge in [0.1, 0.15) is 30.8 Å². The van der Waals surface area contributed by atoms with Crippen LogP contribution in [-0.4, -0.2) is 48.2 Å². The van der Waals surface area contributed by atoms with Gasteiger partial charge in [-0.3, -0.25) is 0 Å². The van der Waals surface area contributed by atoms with Gasteiger partial charge in [-0.15, -0.1) is 0 Å². The quantitative estimate of drug-likeness (QED) is 0.502. The molecule has 0 fully saturated rings. The molecule has 0 saturated heterocycles. The van der Waals surface area contributed by atoms with E-state index in [0.29, 0.717) is 18.1 Å². The maximum Gasteiger partial charge on any atom is 0.333 e. The number of hydrogen-bond acceptors (Lipinski definition) is 5. The van der Waals surface area contributed by atoms with Gasteiger partial charge in [-0.2, -0.15) is 0 Å². The summed E-state index contributed by atoms with van der Waals surface area (Å²) in [6.45, 7) is 11.0. The second-order valence-electron chi connectivity index (χ2n) is 9.46. The minimum atomic E-state index is -0.986. The van der Waals surface area contributed by atoms with Crippen molar-refractivity contribution in [3.63, 3.8) is 0 Å². The van der Waals surface area contributed by atoms with E-state index in [1.54, 1.807) is 18.2 Å². The lowest BCUT2D eigenvalue weighted by molar-refractivity contribution is -0.150. The second-order valence-corrected chi connectivity index (χ2v) is 9.46. The molecule has 2 aromatic rings. The number of carbonyl (C=O) groups is 1. The van der Waals surface area contributed by atoms with E-state index in [4.69, 9.17) is 14.2 Å². The van der Waals surface area contributed by atoms with Crippen LogP contribution in [0, 0.1) is 5.92 Å². The number of aliphatic carboxylic acids is 1. The maximum atomic E-state index is 11.5. The molecule has 32 heavy (non-hydrogen) atoms. The zero-order valence-electron chi connectivity index (χ0n) is 19.7. The SMILES string of the molecule is CC(C)COC(Cc1cccc(OCC(O)COc2ccc(C(C)(C)C)cc2)c1)C(=O)O. The molecule has 2 N–H and O–H groups in total. The highest BCUT2D eigenvalue weighted by molar-refractivity contribution is 5.72. The molecule has 0 aliphatic carbocycles. The minimum absolute atomic E-state index is 0.0652. The van der Waals surface area contributed by atoms with Crippen molar-refractivity contribution in [3.05, 3.63) is 59.7 Å². The highest BCUT2D eigenvalue weighted by Crippen LogP contribution is 2.24. The first-order chi connectivity index (χ1) is 15.0. The Morgan fingerprint density at radius 1 is 0.938 bits per heavy atom. The first kappa shape index (κ1) is 25.7. The molecule has 0 aliphatic rings. The van der Waals surface area contributed by atoms with Crippen molar-refractivity contribution in [2.75, 3.05) is 19.8 Å². The average molecular weight is 445 g/mol. The topological polar surface area (TPSA) is 85.2 Å². The van der Waals surface area contributed by atoms with Crippen LogP contribution in [0.2, 0.25) is 0 Å². The predicted octanol–water partition coefficient (Wildman–Crippen LogP) is 4.47. The van der Waals surface area contributed by atoms with Gasteiger partial charge in [0.2, 0.25) is 0 Å². The van der Waals surface area contributed by atoms with Crippen molar-refractivity contribution in [2.24, 2.45) is 5.92 Å². The Kier molecular flexibility index (Phi) is 9.54. The maximum absolute atomic E-state index is 11.5. The lowest BCUT2D eigenvalue weighted by atomic mass is 9.87. The van der Waals surface area contributed by atoms with Gasteiger partial charge < -0.3 is 24.4 Å². The zero-order chi connectivity index (χ0) is 23.7. The molecule has 2 unspecified atom stereocenters. The molecule has 6 heteroatoms. The van der Waals surface area contributed by atoms with Crippen LogP contribution in [0.15, 0.2) is 48.5 Å². The van der Waals surface area contributed by atoms with Crippen molar-refractivity contribution in [2.45, 2.75) is 58.7 Å². The van der Waals surface area contributed by atoms with E-state index >= 15 is 0 Å². The van der Waals surface area contributed by atoms with E-state index in [1.807, 2.05) is 44.2 Å². The first-order valence-corrected chi connectivity index (χ1v) is 11.0. The van der Waals surface area contributed by atoms with Crippen LogP contribution in [-0.2, 0) is 21.4 Å². The summed E-state index contributed by atoms with van der Waals surface area (Å²) < 4.78 is 16.9. The van der Waals surface area contributed by atoms with Gasteiger partial charge in [-0.1, -0.05) is 58.9 Å². The summed E-state index contributed by atoms with van der Waals surface area (Å²) in [7, 11) is 0. The number of benzene rings is 2. The molecule has 6 nitrogen and oxygen atoms in total. The number of rotatable bonds is 12. The lowest BCUT2D eigenvalue weighted by Crippen LogP contribution is -2.28. The summed E-state index contributed by atoms with van der Waals surface area (Å²) in [5.41, 5.74) is 2.09. The normalized spacial score (nSPS) is 13.6. The molecular formula is C26H36O6. The fourth-order valence-electron chi connectivity index (χ4n) is 2.99. The molecular weight excluding hydrogens is 408 g/mol. The Labute approximate surface area is 191 Å². The van der Waals surface area contributed by atoms with Gasteiger partial charge in [0, 0.05) is 6.42 Å². The number of hydrogen-bond donors (Lipinski definition) is 2. The number of carboxylic acid groups (broad SMARTS) is 1. The Morgan fingerprint density at radius 3 is 2.12 bits per heavy atom. The molecule has 2 atom stereocenters. The minimum Gasteiger partial charge on any atom is -0.491 e. The first-order valence-electron chi connectivity index (χ1n) is 11.0. The van der Waals surface area contributed by atoms with Crippen molar-refractivity contribution in [1.29, 1.82) is 0 Å². The van der Waals surface area contributed by atoms with Crippen LogP contribution in [0.3, 0.4) is 0 Å². The molecule has 0 heterocycles. The standard InChI is InChI=1S/C26H36O6/c1-18(2)15-32-24(25(28)29)14-19-7-6-8-23(13-19)31-17-21(27)16-30-22-11-9-20(10-12-22)26(3,4)5/h6-13,18,21,24,27H,14-17H2,1-5H3,(H,28,29). The van der Waals surface area contributed by atoms with Crippen LogP contribution in [0.5, 0.6) is 11.5 Å². The largest absolute Gasteiger partial charge is 0.491 e. The van der Waals surface area contributed by atoms with E-state index < -0.39 is 18.2 Å². The third kappa shape index (κ3) is 8.89. The van der Waals surface area contributed by atoms with E-state index in [9.17, 15) is 15.0 Å². The number of aliphatic hydroxyl groups is 1. The molecule has 0 spiro atoms. The van der Waals surface area contributed by atoms with Gasteiger partial charge in [0.05, 0.1) is 6.61 Å². The summed E-state index contributed by atoms with van der Waals surface area (Å²) in [6.07, 6.45) is -1.46. The van der Waals surface area contributed by atoms with E-state index in [-0.39, 0.29) is 31.0 Å². The summed E-state index contributed by atoms with van der Waals surface area (Å²) in [5.74, 6) is 0.524. The fraction of sp³-hybridized carbons (Fsp3) is 0.500. The molecule has 176 valence electrons. The Bertz CT molecular complexity index is 838. The average Bonchev–Trinajstić information content (AvgIpc) is 2.73. The predicted molar refractivity (Wildman–Crippen MR) is 124 cm³/mol. The van der Waals surface area contributed by atoms with E-state index in [2.05, 4.69) is 20.8 Å². The van der Waals surface area contributed by atoms with Gasteiger partial charge in [-0.25, -0.2) is 4.79 Å². The Morgan fingerprint density at radius 2 is 1.56 bits per heavy atom. The van der Waals surface area contributed by atoms with Crippen molar-refractivity contribution >= 4 is 5.97 Å². The number of ether oxygens (including phenoxy) is 3. The summed E-state index contributed by atoms with van der Waals surface area (Å²) in [5, 5.41) is 19.6. The zero-order valence-corrected chi connectivity index (χ0v) is 19.7. The van der Waals surface area contributed by atoms with Crippen LogP contribution in [0.25, 0.3) is 0 Å². The summed E-state index contributed by atoms with van der Waals surface area (Å²) >= 11 is 0. The second kappa shape index (κ2) is 11.9. The summed E-state index contributed by atoms with van der Waals surface area (Å²) in [4.78, 5) is 11.5. The number of carboxylic acids is 1. The molecule has 0 amide bonds. The molecule has 0 radical (unpaired) electrons. The third-order valence-corrected chi connectivity index (χ3v) is 4.83. The molecule has 0 saturated carbocycles. The Hall–Kier alpha value is -2.57.